The minimum Gasteiger partial charge on any atom is -0.497 e. The topological polar surface area (TPSA) is 71.1 Å². The summed E-state index contributed by atoms with van der Waals surface area (Å²) in [6, 6.07) is 13.0. The molecular weight excluding hydrogens is 406 g/mol. The van der Waals surface area contributed by atoms with Crippen LogP contribution in [-0.2, 0) is 16.1 Å². The highest BCUT2D eigenvalue weighted by Crippen LogP contribution is 2.29. The third kappa shape index (κ3) is 5.79. The van der Waals surface area contributed by atoms with Crippen LogP contribution in [-0.4, -0.2) is 58.2 Å². The van der Waals surface area contributed by atoms with Crippen molar-refractivity contribution in [3.05, 3.63) is 53.6 Å². The van der Waals surface area contributed by atoms with Gasteiger partial charge in [0.1, 0.15) is 5.75 Å². The molecule has 7 nitrogen and oxygen atoms in total. The van der Waals surface area contributed by atoms with Crippen LogP contribution in [0.2, 0.25) is 0 Å². The van der Waals surface area contributed by atoms with Crippen molar-refractivity contribution in [3.8, 4) is 5.75 Å². The summed E-state index contributed by atoms with van der Waals surface area (Å²) in [7, 11) is 7.16. The van der Waals surface area contributed by atoms with E-state index in [9.17, 15) is 9.59 Å². The number of anilines is 2. The van der Waals surface area contributed by atoms with Crippen molar-refractivity contribution < 1.29 is 19.1 Å². The van der Waals surface area contributed by atoms with E-state index in [1.54, 1.807) is 43.4 Å². The molecule has 0 spiro atoms. The van der Waals surface area contributed by atoms with Crippen LogP contribution in [0.1, 0.15) is 35.2 Å². The molecule has 172 valence electrons. The summed E-state index contributed by atoms with van der Waals surface area (Å²) in [5, 5.41) is 3.04. The van der Waals surface area contributed by atoms with Gasteiger partial charge in [-0.05, 0) is 60.9 Å². The number of carbonyl (C=O) groups excluding carboxylic acids is 2. The Balaban J connectivity index is 1.84. The number of hydrogen-bond donors (Lipinski definition) is 1. The van der Waals surface area contributed by atoms with E-state index >= 15 is 0 Å². The monoisotopic (exact) mass is 439 g/mol. The summed E-state index contributed by atoms with van der Waals surface area (Å²) in [5.74, 6) is 0.806. The Bertz CT molecular complexity index is 923. The summed E-state index contributed by atoms with van der Waals surface area (Å²) >= 11 is 0. The first-order valence-electron chi connectivity index (χ1n) is 11.0. The third-order valence-electron chi connectivity index (χ3n) is 5.86. The molecule has 0 bridgehead atoms. The summed E-state index contributed by atoms with van der Waals surface area (Å²) in [6.07, 6.45) is 3.02. The van der Waals surface area contributed by atoms with Crippen molar-refractivity contribution in [2.24, 2.45) is 5.92 Å². The fraction of sp³-hybridized carbons (Fsp3) is 0.440. The van der Waals surface area contributed by atoms with Crippen LogP contribution in [0, 0.1) is 5.92 Å². The van der Waals surface area contributed by atoms with Gasteiger partial charge in [0.15, 0.2) is 0 Å². The number of methoxy groups -OCH3 is 2. The number of hydrogen-bond acceptors (Lipinski definition) is 5. The predicted octanol–water partition coefficient (Wildman–Crippen LogP) is 3.79. The van der Waals surface area contributed by atoms with Crippen LogP contribution in [0.5, 0.6) is 5.75 Å². The van der Waals surface area contributed by atoms with Crippen LogP contribution in [0.4, 0.5) is 11.4 Å². The normalized spacial score (nSPS) is 13.2. The maximum absolute atomic E-state index is 13.3. The molecule has 0 saturated heterocycles. The first kappa shape index (κ1) is 23.6. The number of amides is 2. The van der Waals surface area contributed by atoms with Crippen molar-refractivity contribution in [3.63, 3.8) is 0 Å². The average Bonchev–Trinajstić information content (AvgIpc) is 2.74. The largest absolute Gasteiger partial charge is 0.497 e. The molecule has 2 aromatic rings. The lowest BCUT2D eigenvalue weighted by molar-refractivity contribution is -0.122. The molecule has 0 radical (unpaired) electrons. The third-order valence-corrected chi connectivity index (χ3v) is 5.86. The molecule has 32 heavy (non-hydrogen) atoms. The van der Waals surface area contributed by atoms with Crippen LogP contribution < -0.4 is 15.0 Å². The van der Waals surface area contributed by atoms with Crippen molar-refractivity contribution in [1.82, 2.24) is 4.90 Å². The van der Waals surface area contributed by atoms with Gasteiger partial charge >= 0.3 is 0 Å². The van der Waals surface area contributed by atoms with Crippen LogP contribution in [0.3, 0.4) is 0 Å². The van der Waals surface area contributed by atoms with Gasteiger partial charge in [-0.25, -0.2) is 0 Å². The summed E-state index contributed by atoms with van der Waals surface area (Å²) in [5.41, 5.74) is 3.30. The maximum Gasteiger partial charge on any atom is 0.254 e. The van der Waals surface area contributed by atoms with E-state index in [0.717, 1.165) is 36.2 Å². The number of ether oxygens (including phenoxy) is 2. The molecule has 0 aromatic heterocycles. The molecule has 2 amide bonds. The molecule has 1 aliphatic carbocycles. The number of carbonyl (C=O) groups is 2. The molecule has 3 rings (SSSR count). The Hall–Kier alpha value is -3.06. The Morgan fingerprint density at radius 2 is 1.78 bits per heavy atom. The smallest absolute Gasteiger partial charge is 0.254 e. The fourth-order valence-electron chi connectivity index (χ4n) is 3.72. The highest BCUT2D eigenvalue weighted by molar-refractivity contribution is 5.95. The van der Waals surface area contributed by atoms with E-state index in [2.05, 4.69) is 5.32 Å². The minimum atomic E-state index is -0.0849. The van der Waals surface area contributed by atoms with Crippen LogP contribution >= 0.6 is 0 Å². The van der Waals surface area contributed by atoms with Crippen LogP contribution in [0.25, 0.3) is 0 Å². The lowest BCUT2D eigenvalue weighted by Crippen LogP contribution is -2.34. The quantitative estimate of drug-likeness (QED) is 0.610. The van der Waals surface area contributed by atoms with E-state index in [0.29, 0.717) is 31.0 Å². The van der Waals surface area contributed by atoms with Gasteiger partial charge in [0.05, 0.1) is 13.7 Å². The molecule has 0 aliphatic heterocycles. The number of benzene rings is 2. The first-order valence-corrected chi connectivity index (χ1v) is 11.0. The Labute approximate surface area is 190 Å². The Kier molecular flexibility index (Phi) is 8.11. The second-order valence-electron chi connectivity index (χ2n) is 8.30. The number of nitrogens with zero attached hydrogens (tertiary/aromatic N) is 2. The van der Waals surface area contributed by atoms with Crippen LogP contribution in [0.15, 0.2) is 42.5 Å². The molecule has 7 heteroatoms. The second kappa shape index (κ2) is 11.0. The van der Waals surface area contributed by atoms with Gasteiger partial charge in [0.2, 0.25) is 5.91 Å². The van der Waals surface area contributed by atoms with Gasteiger partial charge in [-0.3, -0.25) is 9.59 Å². The second-order valence-corrected chi connectivity index (χ2v) is 8.30. The summed E-state index contributed by atoms with van der Waals surface area (Å²) in [6.45, 7) is 1.28. The van der Waals surface area contributed by atoms with E-state index in [1.165, 1.54) is 0 Å². The molecule has 0 atom stereocenters. The lowest BCUT2D eigenvalue weighted by atomic mass is 9.85. The molecule has 1 aliphatic rings. The van der Waals surface area contributed by atoms with E-state index in [4.69, 9.17) is 9.47 Å². The predicted molar refractivity (Wildman–Crippen MR) is 126 cm³/mol. The van der Waals surface area contributed by atoms with Crippen molar-refractivity contribution in [1.29, 1.82) is 0 Å². The van der Waals surface area contributed by atoms with E-state index in [-0.39, 0.29) is 17.7 Å². The van der Waals surface area contributed by atoms with E-state index < -0.39 is 0 Å². The van der Waals surface area contributed by atoms with E-state index in [1.807, 2.05) is 37.2 Å². The standard InChI is InChI=1S/C25H33N3O4/c1-27(2)23-13-10-21(26-24(29)18-6-5-7-18)16-20(23)17-28(14-15-31-3)25(30)19-8-11-22(32-4)12-9-19/h8-13,16,18H,5-7,14-15,17H2,1-4H3,(H,26,29). The number of rotatable bonds is 10. The maximum atomic E-state index is 13.3. The van der Waals surface area contributed by atoms with Gasteiger partial charge < -0.3 is 24.6 Å². The van der Waals surface area contributed by atoms with Gasteiger partial charge in [-0.2, -0.15) is 0 Å². The van der Waals surface area contributed by atoms with Crippen molar-refractivity contribution in [2.45, 2.75) is 25.8 Å². The molecule has 1 saturated carbocycles. The van der Waals surface area contributed by atoms with Crippen molar-refractivity contribution >= 4 is 23.2 Å². The van der Waals surface area contributed by atoms with Gasteiger partial charge in [0.25, 0.3) is 5.91 Å². The minimum absolute atomic E-state index is 0.0744. The zero-order valence-electron chi connectivity index (χ0n) is 19.4. The molecule has 0 unspecified atom stereocenters. The van der Waals surface area contributed by atoms with Crippen molar-refractivity contribution in [2.75, 3.05) is 51.7 Å². The highest BCUT2D eigenvalue weighted by atomic mass is 16.5. The van der Waals surface area contributed by atoms with Gasteiger partial charge in [-0.15, -0.1) is 0 Å². The molecule has 1 N–H and O–H groups in total. The Morgan fingerprint density at radius 1 is 1.06 bits per heavy atom. The van der Waals surface area contributed by atoms with Gasteiger partial charge in [0, 0.05) is 57.2 Å². The van der Waals surface area contributed by atoms with Gasteiger partial charge in [-0.1, -0.05) is 6.42 Å². The average molecular weight is 440 g/mol. The lowest BCUT2D eigenvalue weighted by Gasteiger charge is -2.27. The highest BCUT2D eigenvalue weighted by Gasteiger charge is 2.25. The number of nitrogens with one attached hydrogen (secondary N) is 1. The molecular formula is C25H33N3O4. The molecule has 1 fully saturated rings. The summed E-state index contributed by atoms with van der Waals surface area (Å²) < 4.78 is 10.5. The fourth-order valence-corrected chi connectivity index (χ4v) is 3.72. The SMILES string of the molecule is COCCN(Cc1cc(NC(=O)C2CCC2)ccc1N(C)C)C(=O)c1ccc(OC)cc1. The molecule has 2 aromatic carbocycles. The molecule has 0 heterocycles. The first-order chi connectivity index (χ1) is 15.4. The zero-order valence-corrected chi connectivity index (χ0v) is 19.4. The summed E-state index contributed by atoms with van der Waals surface area (Å²) in [4.78, 5) is 29.5. The zero-order chi connectivity index (χ0) is 23.1. The Morgan fingerprint density at radius 3 is 2.34 bits per heavy atom.